The van der Waals surface area contributed by atoms with Gasteiger partial charge in [-0.2, -0.15) is 0 Å². The largest absolute Gasteiger partial charge is 0.462 e. The highest BCUT2D eigenvalue weighted by molar-refractivity contribution is 6.30. The third-order valence-electron chi connectivity index (χ3n) is 2.47. The molecular weight excluding hydrogens is 292 g/mol. The number of urea groups is 1. The maximum Gasteiger partial charge on any atom is 0.330 e. The summed E-state index contributed by atoms with van der Waals surface area (Å²) < 4.78 is 5.01. The molecule has 2 amide bonds. The van der Waals surface area contributed by atoms with Gasteiger partial charge in [0.25, 0.3) is 0 Å². The highest BCUT2D eigenvalue weighted by Crippen LogP contribution is 2.10. The molecule has 0 aliphatic carbocycles. The monoisotopic (exact) mass is 310 g/mol. The van der Waals surface area contributed by atoms with E-state index in [2.05, 4.69) is 10.6 Å². The van der Waals surface area contributed by atoms with Gasteiger partial charge in [0.15, 0.2) is 0 Å². The Labute approximate surface area is 129 Å². The summed E-state index contributed by atoms with van der Waals surface area (Å²) in [5, 5.41) is 5.91. The molecule has 2 N–H and O–H groups in total. The van der Waals surface area contributed by atoms with Gasteiger partial charge in [-0.15, -0.1) is 0 Å². The predicted molar refractivity (Wildman–Crippen MR) is 83.1 cm³/mol. The quantitative estimate of drug-likeness (QED) is 0.462. The van der Waals surface area contributed by atoms with E-state index in [1.54, 1.807) is 18.2 Å². The van der Waals surface area contributed by atoms with Crippen molar-refractivity contribution in [3.05, 3.63) is 40.9 Å². The summed E-state index contributed by atoms with van der Waals surface area (Å²) in [6.07, 6.45) is 3.59. The molecule has 1 rings (SSSR count). The minimum Gasteiger partial charge on any atom is -0.462 e. The summed E-state index contributed by atoms with van der Waals surface area (Å²) in [5.74, 6) is -0.414. The number of halogens is 1. The third-order valence-corrected chi connectivity index (χ3v) is 2.72. The molecule has 0 aliphatic heterocycles. The molecule has 1 aromatic rings. The van der Waals surface area contributed by atoms with Crippen molar-refractivity contribution in [2.24, 2.45) is 0 Å². The first-order chi connectivity index (χ1) is 10.1. The average Bonchev–Trinajstić information content (AvgIpc) is 2.46. The fourth-order valence-electron chi connectivity index (χ4n) is 1.46. The Bertz CT molecular complexity index is 486. The van der Waals surface area contributed by atoms with Gasteiger partial charge < -0.3 is 15.4 Å². The summed E-state index contributed by atoms with van der Waals surface area (Å²) in [7, 11) is 0. The molecule has 114 valence electrons. The molecule has 0 radical (unpaired) electrons. The number of esters is 1. The van der Waals surface area contributed by atoms with Crippen LogP contribution in [0.2, 0.25) is 5.02 Å². The molecule has 0 aromatic heterocycles. The molecule has 5 nitrogen and oxygen atoms in total. The molecule has 0 aliphatic rings. The number of nitrogens with one attached hydrogen (secondary N) is 2. The second kappa shape index (κ2) is 9.83. The number of ether oxygens (including phenoxy) is 1. The van der Waals surface area contributed by atoms with Gasteiger partial charge in [-0.25, -0.2) is 9.59 Å². The van der Waals surface area contributed by atoms with Crippen molar-refractivity contribution in [2.45, 2.75) is 13.3 Å². The molecule has 0 saturated carbocycles. The van der Waals surface area contributed by atoms with E-state index in [-0.39, 0.29) is 12.6 Å². The van der Waals surface area contributed by atoms with E-state index in [0.29, 0.717) is 24.5 Å². The fraction of sp³-hybridized carbons (Fsp3) is 0.333. The van der Waals surface area contributed by atoms with Gasteiger partial charge in [-0.3, -0.25) is 0 Å². The van der Waals surface area contributed by atoms with Crippen LogP contribution in [0.25, 0.3) is 6.08 Å². The molecule has 0 spiro atoms. The van der Waals surface area contributed by atoms with Crippen molar-refractivity contribution in [1.82, 2.24) is 10.6 Å². The van der Waals surface area contributed by atoms with E-state index >= 15 is 0 Å². The summed E-state index contributed by atoms with van der Waals surface area (Å²) in [5.41, 5.74) is 0.870. The van der Waals surface area contributed by atoms with Crippen molar-refractivity contribution < 1.29 is 14.3 Å². The minimum atomic E-state index is -0.414. The number of rotatable bonds is 7. The number of amides is 2. The van der Waals surface area contributed by atoms with Crippen LogP contribution in [0.3, 0.4) is 0 Å². The number of benzene rings is 1. The van der Waals surface area contributed by atoms with Crippen LogP contribution < -0.4 is 10.6 Å². The normalized spacial score (nSPS) is 10.4. The Morgan fingerprint density at radius 3 is 2.62 bits per heavy atom. The summed E-state index contributed by atoms with van der Waals surface area (Å²) in [6.45, 7) is 3.14. The first kappa shape index (κ1) is 17.0. The molecule has 0 bridgehead atoms. The van der Waals surface area contributed by atoms with E-state index in [0.717, 1.165) is 5.56 Å². The zero-order valence-corrected chi connectivity index (χ0v) is 12.7. The molecule has 1 aromatic carbocycles. The van der Waals surface area contributed by atoms with Crippen LogP contribution in [0.1, 0.15) is 18.9 Å². The fourth-order valence-corrected chi connectivity index (χ4v) is 1.58. The third kappa shape index (κ3) is 7.99. The topological polar surface area (TPSA) is 67.4 Å². The van der Waals surface area contributed by atoms with Gasteiger partial charge in [0.1, 0.15) is 0 Å². The van der Waals surface area contributed by atoms with Crippen molar-refractivity contribution >= 4 is 29.7 Å². The van der Waals surface area contributed by atoms with E-state index < -0.39 is 5.97 Å². The molecule has 0 unspecified atom stereocenters. The Morgan fingerprint density at radius 2 is 1.95 bits per heavy atom. The lowest BCUT2D eigenvalue weighted by Gasteiger charge is -2.05. The van der Waals surface area contributed by atoms with Crippen LogP contribution in [-0.2, 0) is 9.53 Å². The van der Waals surface area contributed by atoms with Gasteiger partial charge >= 0.3 is 12.0 Å². The molecule has 21 heavy (non-hydrogen) atoms. The van der Waals surface area contributed by atoms with Gasteiger partial charge in [0, 0.05) is 24.2 Å². The Balaban J connectivity index is 2.16. The zero-order valence-electron chi connectivity index (χ0n) is 11.9. The van der Waals surface area contributed by atoms with Crippen LogP contribution in [0.5, 0.6) is 0 Å². The Hall–Kier alpha value is -2.01. The molecule has 0 atom stereocenters. The molecular formula is C15H19ClN2O3. The maximum absolute atomic E-state index is 11.4. The van der Waals surface area contributed by atoms with Gasteiger partial charge in [-0.05, 0) is 37.1 Å². The van der Waals surface area contributed by atoms with E-state index in [9.17, 15) is 9.59 Å². The molecule has 0 saturated heterocycles. The molecule has 0 fully saturated rings. The maximum atomic E-state index is 11.4. The Morgan fingerprint density at radius 1 is 1.24 bits per heavy atom. The van der Waals surface area contributed by atoms with Crippen molar-refractivity contribution in [3.8, 4) is 0 Å². The molecule has 6 heteroatoms. The van der Waals surface area contributed by atoms with Crippen LogP contribution in [0.4, 0.5) is 4.79 Å². The number of carbonyl (C=O) groups excluding carboxylic acids is 2. The van der Waals surface area contributed by atoms with Crippen LogP contribution in [0.15, 0.2) is 30.3 Å². The number of hydrogen-bond acceptors (Lipinski definition) is 3. The second-order valence-electron chi connectivity index (χ2n) is 4.19. The smallest absolute Gasteiger partial charge is 0.330 e. The predicted octanol–water partition coefficient (Wildman–Crippen LogP) is 2.61. The lowest BCUT2D eigenvalue weighted by Crippen LogP contribution is -2.36. The van der Waals surface area contributed by atoms with Crippen LogP contribution in [0, 0.1) is 0 Å². The van der Waals surface area contributed by atoms with Gasteiger partial charge in [-0.1, -0.05) is 23.7 Å². The zero-order chi connectivity index (χ0) is 15.5. The van der Waals surface area contributed by atoms with Crippen molar-refractivity contribution in [2.75, 3.05) is 19.7 Å². The standard InChI is InChI=1S/C15H19ClN2O3/c1-2-17-15(20)18-10-3-11-21-14(19)9-6-12-4-7-13(16)8-5-12/h4-9H,2-3,10-11H2,1H3,(H2,17,18,20). The van der Waals surface area contributed by atoms with Crippen molar-refractivity contribution in [3.63, 3.8) is 0 Å². The Kier molecular flexibility index (Phi) is 7.97. The van der Waals surface area contributed by atoms with E-state index in [4.69, 9.17) is 16.3 Å². The second-order valence-corrected chi connectivity index (χ2v) is 4.63. The number of carbonyl (C=O) groups is 2. The lowest BCUT2D eigenvalue weighted by atomic mass is 10.2. The minimum absolute atomic E-state index is 0.216. The first-order valence-electron chi connectivity index (χ1n) is 6.74. The summed E-state index contributed by atoms with van der Waals surface area (Å²) in [6, 6.07) is 6.90. The number of hydrogen-bond donors (Lipinski definition) is 2. The van der Waals surface area contributed by atoms with Crippen LogP contribution >= 0.6 is 11.6 Å². The van der Waals surface area contributed by atoms with Gasteiger partial charge in [0.05, 0.1) is 6.61 Å². The summed E-state index contributed by atoms with van der Waals surface area (Å²) in [4.78, 5) is 22.5. The SMILES string of the molecule is CCNC(=O)NCCCOC(=O)C=Cc1ccc(Cl)cc1. The molecule has 0 heterocycles. The highest BCUT2D eigenvalue weighted by Gasteiger charge is 1.99. The average molecular weight is 311 g/mol. The van der Waals surface area contributed by atoms with Crippen LogP contribution in [-0.4, -0.2) is 31.7 Å². The van der Waals surface area contributed by atoms with Crippen molar-refractivity contribution in [1.29, 1.82) is 0 Å². The highest BCUT2D eigenvalue weighted by atomic mass is 35.5. The van der Waals surface area contributed by atoms with Gasteiger partial charge in [0.2, 0.25) is 0 Å². The van der Waals surface area contributed by atoms with E-state index in [1.807, 2.05) is 19.1 Å². The first-order valence-corrected chi connectivity index (χ1v) is 7.11. The van der Waals surface area contributed by atoms with E-state index in [1.165, 1.54) is 6.08 Å². The summed E-state index contributed by atoms with van der Waals surface area (Å²) >= 11 is 5.76. The lowest BCUT2D eigenvalue weighted by molar-refractivity contribution is -0.137.